The summed E-state index contributed by atoms with van der Waals surface area (Å²) in [6.07, 6.45) is 5.52. The first-order valence-corrected chi connectivity index (χ1v) is 16.5. The molecule has 10 nitrogen and oxygen atoms in total. The fourth-order valence-electron chi connectivity index (χ4n) is 5.09. The summed E-state index contributed by atoms with van der Waals surface area (Å²) in [7, 11) is 0.598. The molecule has 3 aliphatic heterocycles. The zero-order valence-corrected chi connectivity index (χ0v) is 26.0. The molecule has 2 saturated heterocycles. The van der Waals surface area contributed by atoms with Crippen LogP contribution in [0.3, 0.4) is 0 Å². The topological polar surface area (TPSA) is 97.6 Å². The number of piperazine rings is 2. The fourth-order valence-corrected chi connectivity index (χ4v) is 7.46. The number of aliphatic imine (C=N–C) groups is 2. The van der Waals surface area contributed by atoms with Gasteiger partial charge < -0.3 is 14.7 Å². The van der Waals surface area contributed by atoms with Gasteiger partial charge in [-0.05, 0) is 63.5 Å². The van der Waals surface area contributed by atoms with E-state index in [1.54, 1.807) is 28.7 Å². The Labute approximate surface area is 248 Å². The minimum atomic E-state index is -3.57. The van der Waals surface area contributed by atoms with Gasteiger partial charge in [0, 0.05) is 76.5 Å². The molecule has 0 radical (unpaired) electrons. The van der Waals surface area contributed by atoms with Gasteiger partial charge in [-0.3, -0.25) is 0 Å². The average Bonchev–Trinajstić information content (AvgIpc) is 2.98. The van der Waals surface area contributed by atoms with Crippen LogP contribution >= 0.6 is 11.8 Å². The Morgan fingerprint density at radius 3 is 2.37 bits per heavy atom. The molecule has 1 aromatic carbocycles. The van der Waals surface area contributed by atoms with E-state index in [4.69, 9.17) is 15.0 Å². The van der Waals surface area contributed by atoms with Crippen molar-refractivity contribution in [3.63, 3.8) is 0 Å². The summed E-state index contributed by atoms with van der Waals surface area (Å²) < 4.78 is 28.2. The number of amidine groups is 1. The highest BCUT2D eigenvalue weighted by molar-refractivity contribution is 8.13. The van der Waals surface area contributed by atoms with Crippen LogP contribution in [0.25, 0.3) is 11.3 Å². The van der Waals surface area contributed by atoms with Crippen molar-refractivity contribution in [1.29, 1.82) is 0 Å². The lowest BCUT2D eigenvalue weighted by Crippen LogP contribution is -2.47. The third-order valence-corrected chi connectivity index (χ3v) is 10.9. The number of rotatable bonds is 4. The molecular weight excluding hydrogens is 557 g/mol. The lowest BCUT2D eigenvalue weighted by Gasteiger charge is -2.35. The first-order valence-electron chi connectivity index (χ1n) is 14.3. The van der Waals surface area contributed by atoms with Crippen LogP contribution in [0.15, 0.2) is 68.5 Å². The smallest absolute Gasteiger partial charge is 0.243 e. The Kier molecular flexibility index (Phi) is 9.55. The van der Waals surface area contributed by atoms with Gasteiger partial charge in [0.15, 0.2) is 11.0 Å². The summed E-state index contributed by atoms with van der Waals surface area (Å²) in [5, 5.41) is 1.52. The van der Waals surface area contributed by atoms with Gasteiger partial charge >= 0.3 is 0 Å². The van der Waals surface area contributed by atoms with Crippen LogP contribution in [-0.4, -0.2) is 115 Å². The molecule has 1 aromatic heterocycles. The second-order valence-electron chi connectivity index (χ2n) is 10.9. The number of hydrogen-bond acceptors (Lipinski definition) is 10. The molecule has 4 heterocycles. The van der Waals surface area contributed by atoms with E-state index in [-0.39, 0.29) is 10.8 Å². The normalized spacial score (nSPS) is 23.2. The Morgan fingerprint density at radius 2 is 1.66 bits per heavy atom. The maximum Gasteiger partial charge on any atom is 0.243 e. The molecule has 0 bridgehead atoms. The van der Waals surface area contributed by atoms with E-state index in [2.05, 4.69) is 33.7 Å². The largest absolute Gasteiger partial charge is 0.357 e. The molecule has 5 rings (SSSR count). The average molecular weight is 597 g/mol. The summed E-state index contributed by atoms with van der Waals surface area (Å²) in [4.78, 5) is 26.4. The van der Waals surface area contributed by atoms with Crippen LogP contribution in [0.2, 0.25) is 0 Å². The molecule has 2 fully saturated rings. The molecule has 41 heavy (non-hydrogen) atoms. The van der Waals surface area contributed by atoms with Gasteiger partial charge in [0.25, 0.3) is 0 Å². The Hall–Kier alpha value is -2.64. The Balaban J connectivity index is 1.35. The van der Waals surface area contributed by atoms with Gasteiger partial charge in [-0.25, -0.2) is 28.4 Å². The Morgan fingerprint density at radius 1 is 0.951 bits per heavy atom. The monoisotopic (exact) mass is 596 g/mol. The van der Waals surface area contributed by atoms with E-state index in [0.717, 1.165) is 68.6 Å². The van der Waals surface area contributed by atoms with Gasteiger partial charge in [0.05, 0.1) is 15.6 Å². The quantitative estimate of drug-likeness (QED) is 0.495. The number of aromatic nitrogens is 2. The maximum absolute atomic E-state index is 13.3. The van der Waals surface area contributed by atoms with Crippen LogP contribution in [0, 0.1) is 5.92 Å². The van der Waals surface area contributed by atoms with Gasteiger partial charge in [0.2, 0.25) is 10.0 Å². The van der Waals surface area contributed by atoms with Crippen LogP contribution in [0.5, 0.6) is 0 Å². The van der Waals surface area contributed by atoms with Crippen LogP contribution in [-0.2, 0) is 10.0 Å². The third kappa shape index (κ3) is 7.23. The molecule has 2 aromatic rings. The summed E-state index contributed by atoms with van der Waals surface area (Å²) >= 11 is 1.46. The third-order valence-electron chi connectivity index (χ3n) is 7.88. The van der Waals surface area contributed by atoms with Gasteiger partial charge in [0.1, 0.15) is 5.84 Å². The summed E-state index contributed by atoms with van der Waals surface area (Å²) in [6.45, 7) is 10.7. The van der Waals surface area contributed by atoms with E-state index in [0.29, 0.717) is 29.8 Å². The van der Waals surface area contributed by atoms with Crippen LogP contribution < -0.4 is 0 Å². The second-order valence-corrected chi connectivity index (χ2v) is 13.8. The highest BCUT2D eigenvalue weighted by Crippen LogP contribution is 2.30. The maximum atomic E-state index is 13.3. The molecule has 0 spiro atoms. The predicted molar refractivity (Wildman–Crippen MR) is 166 cm³/mol. The highest BCUT2D eigenvalue weighted by atomic mass is 32.2. The van der Waals surface area contributed by atoms with E-state index in [1.165, 1.54) is 11.8 Å². The zero-order chi connectivity index (χ0) is 29.0. The molecule has 3 aliphatic rings. The minimum absolute atomic E-state index is 0.220. The van der Waals surface area contributed by atoms with E-state index in [9.17, 15) is 8.42 Å². The lowest BCUT2D eigenvalue weighted by atomic mass is 10.1. The molecule has 1 atom stereocenters. The molecule has 0 aliphatic carbocycles. The minimum Gasteiger partial charge on any atom is -0.357 e. The predicted octanol–water partition coefficient (Wildman–Crippen LogP) is 3.51. The first kappa shape index (κ1) is 29.8. The number of hydrogen-bond donors (Lipinski definition) is 0. The summed E-state index contributed by atoms with van der Waals surface area (Å²) in [5.74, 6) is 2.05. The number of likely N-dealkylation sites (N-methyl/N-ethyl adjacent to an activating group) is 2. The standard InChI is InChI=1S/C29H40N8O2S2/c1-5-26-32-27(36-17-13-34(3)14-18-36)10-9-22(2)28(33-26)40-29-30-12-11-25(31-29)23-7-6-8-24(21-23)41(38,39)37-19-15-35(4)16-20-37/h5-8,11-12,21-22H,9-10,13-20H2,1-4H3/b26-5+,32-27?,33-28?. The number of sulfonamides is 1. The van der Waals surface area contributed by atoms with Crippen molar-refractivity contribution >= 4 is 32.7 Å². The van der Waals surface area contributed by atoms with Gasteiger partial charge in [-0.2, -0.15) is 4.31 Å². The van der Waals surface area contributed by atoms with Gasteiger partial charge in [-0.1, -0.05) is 19.1 Å². The number of benzene rings is 1. The lowest BCUT2D eigenvalue weighted by molar-refractivity contribution is 0.212. The highest BCUT2D eigenvalue weighted by Gasteiger charge is 2.28. The van der Waals surface area contributed by atoms with Crippen molar-refractivity contribution in [3.8, 4) is 11.3 Å². The molecule has 0 amide bonds. The molecule has 1 unspecified atom stereocenters. The fraction of sp³-hybridized carbons (Fsp3) is 0.517. The molecule has 0 N–H and O–H groups in total. The van der Waals surface area contributed by atoms with Crippen LogP contribution in [0.4, 0.5) is 0 Å². The molecule has 0 saturated carbocycles. The molecular formula is C29H40N8O2S2. The van der Waals surface area contributed by atoms with Crippen molar-refractivity contribution in [1.82, 2.24) is 29.0 Å². The zero-order valence-electron chi connectivity index (χ0n) is 24.4. The number of nitrogens with zero attached hydrogens (tertiary/aromatic N) is 8. The van der Waals surface area contributed by atoms with Crippen molar-refractivity contribution < 1.29 is 8.42 Å². The number of allylic oxidation sites excluding steroid dienone is 1. The molecule has 220 valence electrons. The van der Waals surface area contributed by atoms with Crippen molar-refractivity contribution in [2.24, 2.45) is 15.9 Å². The van der Waals surface area contributed by atoms with Gasteiger partial charge in [-0.15, -0.1) is 0 Å². The van der Waals surface area contributed by atoms with E-state index < -0.39 is 10.0 Å². The molecule has 12 heteroatoms. The first-order chi connectivity index (χ1) is 19.7. The van der Waals surface area contributed by atoms with Crippen molar-refractivity contribution in [2.45, 2.75) is 36.7 Å². The Bertz CT molecular complexity index is 1430. The second kappa shape index (κ2) is 13.1. The van der Waals surface area contributed by atoms with E-state index in [1.807, 2.05) is 32.2 Å². The number of thioether (sulfide) groups is 1. The SMILES string of the molecule is C/C=C1/N=C(Sc2nccc(-c3cccc(S(=O)(=O)N4CCN(C)CC4)c3)n2)C(C)CCC(N2CCN(C)CC2)=N1. The van der Waals surface area contributed by atoms with E-state index >= 15 is 0 Å². The summed E-state index contributed by atoms with van der Waals surface area (Å²) in [5.41, 5.74) is 1.42. The van der Waals surface area contributed by atoms with Crippen molar-refractivity contribution in [2.75, 3.05) is 66.5 Å². The summed E-state index contributed by atoms with van der Waals surface area (Å²) in [6, 6.07) is 8.87. The van der Waals surface area contributed by atoms with Crippen LogP contribution in [0.1, 0.15) is 26.7 Å². The van der Waals surface area contributed by atoms with Crippen molar-refractivity contribution in [3.05, 3.63) is 48.4 Å².